The first-order chi connectivity index (χ1) is 11.3. The van der Waals surface area contributed by atoms with Gasteiger partial charge in [-0.2, -0.15) is 5.10 Å². The third-order valence-electron chi connectivity index (χ3n) is 4.39. The standard InChI is InChI=1S/C17H21N5O/c1-20-13-18-17(19-20)15-2-3-16-14(12-15)4-5-22(16)7-6-21-8-10-23-11-9-21/h2-5,12-13H,6-11H2,1H3. The van der Waals surface area contributed by atoms with E-state index in [1.54, 1.807) is 11.0 Å². The number of nitrogens with zero attached hydrogens (tertiary/aromatic N) is 5. The first-order valence-corrected chi connectivity index (χ1v) is 8.04. The second kappa shape index (κ2) is 6.14. The number of ether oxygens (including phenoxy) is 1. The van der Waals surface area contributed by atoms with Crippen LogP contribution in [0.4, 0.5) is 0 Å². The molecule has 120 valence electrons. The van der Waals surface area contributed by atoms with Gasteiger partial charge in [0.15, 0.2) is 5.82 Å². The Bertz CT molecular complexity index is 800. The van der Waals surface area contributed by atoms with Gasteiger partial charge in [0.1, 0.15) is 6.33 Å². The first-order valence-electron chi connectivity index (χ1n) is 8.04. The fourth-order valence-electron chi connectivity index (χ4n) is 3.08. The molecule has 6 heteroatoms. The van der Waals surface area contributed by atoms with E-state index in [9.17, 15) is 0 Å². The van der Waals surface area contributed by atoms with E-state index in [-0.39, 0.29) is 0 Å². The maximum absolute atomic E-state index is 5.40. The average Bonchev–Trinajstić information content (AvgIpc) is 3.19. The SMILES string of the molecule is Cn1cnc(-c2ccc3c(ccn3CCN3CCOCC3)c2)n1. The van der Waals surface area contributed by atoms with Crippen LogP contribution in [-0.4, -0.2) is 57.1 Å². The van der Waals surface area contributed by atoms with Crippen LogP contribution >= 0.6 is 0 Å². The zero-order chi connectivity index (χ0) is 15.6. The van der Waals surface area contributed by atoms with Crippen LogP contribution < -0.4 is 0 Å². The molecule has 1 aromatic carbocycles. The van der Waals surface area contributed by atoms with Gasteiger partial charge in [0.2, 0.25) is 0 Å². The molecular weight excluding hydrogens is 290 g/mol. The Balaban J connectivity index is 1.53. The molecule has 6 nitrogen and oxygen atoms in total. The summed E-state index contributed by atoms with van der Waals surface area (Å²) in [5, 5.41) is 5.61. The molecule has 0 atom stereocenters. The van der Waals surface area contributed by atoms with Crippen LogP contribution in [0.3, 0.4) is 0 Å². The van der Waals surface area contributed by atoms with Crippen molar-refractivity contribution < 1.29 is 4.74 Å². The molecule has 2 aromatic heterocycles. The Kier molecular flexibility index (Phi) is 3.85. The molecule has 0 unspecified atom stereocenters. The summed E-state index contributed by atoms with van der Waals surface area (Å²) in [7, 11) is 1.89. The summed E-state index contributed by atoms with van der Waals surface area (Å²) in [6.45, 7) is 5.85. The summed E-state index contributed by atoms with van der Waals surface area (Å²) in [5.74, 6) is 0.774. The molecule has 3 heterocycles. The van der Waals surface area contributed by atoms with Gasteiger partial charge in [-0.15, -0.1) is 0 Å². The molecule has 0 radical (unpaired) electrons. The van der Waals surface area contributed by atoms with E-state index in [0.29, 0.717) is 0 Å². The first kappa shape index (κ1) is 14.4. The largest absolute Gasteiger partial charge is 0.379 e. The number of aromatic nitrogens is 4. The van der Waals surface area contributed by atoms with Crippen LogP contribution in [-0.2, 0) is 18.3 Å². The number of hydrogen-bond donors (Lipinski definition) is 0. The third-order valence-corrected chi connectivity index (χ3v) is 4.39. The zero-order valence-corrected chi connectivity index (χ0v) is 13.4. The van der Waals surface area contributed by atoms with Crippen molar-refractivity contribution in [3.8, 4) is 11.4 Å². The molecule has 4 rings (SSSR count). The van der Waals surface area contributed by atoms with Gasteiger partial charge in [-0.3, -0.25) is 9.58 Å². The summed E-state index contributed by atoms with van der Waals surface area (Å²) in [4.78, 5) is 6.78. The number of benzene rings is 1. The van der Waals surface area contributed by atoms with Gasteiger partial charge >= 0.3 is 0 Å². The Morgan fingerprint density at radius 3 is 2.78 bits per heavy atom. The van der Waals surface area contributed by atoms with Crippen molar-refractivity contribution in [2.45, 2.75) is 6.54 Å². The monoisotopic (exact) mass is 311 g/mol. The van der Waals surface area contributed by atoms with E-state index in [0.717, 1.165) is 50.8 Å². The van der Waals surface area contributed by atoms with Gasteiger partial charge in [0.05, 0.1) is 13.2 Å². The van der Waals surface area contributed by atoms with Crippen LogP contribution in [0.15, 0.2) is 36.8 Å². The minimum absolute atomic E-state index is 0.774. The molecule has 1 aliphatic heterocycles. The molecule has 0 aliphatic carbocycles. The quantitative estimate of drug-likeness (QED) is 0.737. The Labute approximate surface area is 135 Å². The highest BCUT2D eigenvalue weighted by Crippen LogP contribution is 2.23. The number of aryl methyl sites for hydroxylation is 1. The summed E-state index contributed by atoms with van der Waals surface area (Å²) in [5.41, 5.74) is 2.32. The van der Waals surface area contributed by atoms with Crippen molar-refractivity contribution in [1.82, 2.24) is 24.2 Å². The number of hydrogen-bond acceptors (Lipinski definition) is 4. The fraction of sp³-hybridized carbons (Fsp3) is 0.412. The second-order valence-electron chi connectivity index (χ2n) is 5.98. The fourth-order valence-corrected chi connectivity index (χ4v) is 3.08. The van der Waals surface area contributed by atoms with Crippen molar-refractivity contribution in [2.24, 2.45) is 7.05 Å². The Hall–Kier alpha value is -2.18. The van der Waals surface area contributed by atoms with Crippen molar-refractivity contribution in [1.29, 1.82) is 0 Å². The molecule has 1 fully saturated rings. The Morgan fingerprint density at radius 2 is 2.00 bits per heavy atom. The van der Waals surface area contributed by atoms with Gasteiger partial charge < -0.3 is 9.30 Å². The highest BCUT2D eigenvalue weighted by atomic mass is 16.5. The topological polar surface area (TPSA) is 48.1 Å². The van der Waals surface area contributed by atoms with E-state index in [4.69, 9.17) is 4.74 Å². The summed E-state index contributed by atoms with van der Waals surface area (Å²) >= 11 is 0. The van der Waals surface area contributed by atoms with Gasteiger partial charge in [-0.25, -0.2) is 4.98 Å². The second-order valence-corrected chi connectivity index (χ2v) is 5.98. The van der Waals surface area contributed by atoms with E-state index in [1.807, 2.05) is 7.05 Å². The van der Waals surface area contributed by atoms with Crippen LogP contribution in [0.5, 0.6) is 0 Å². The molecule has 0 amide bonds. The normalized spacial score (nSPS) is 16.2. The molecule has 0 saturated carbocycles. The minimum Gasteiger partial charge on any atom is -0.379 e. The molecule has 0 bridgehead atoms. The summed E-state index contributed by atoms with van der Waals surface area (Å²) in [6.07, 6.45) is 3.90. The number of rotatable bonds is 4. The molecule has 1 saturated heterocycles. The van der Waals surface area contributed by atoms with E-state index in [1.165, 1.54) is 10.9 Å². The van der Waals surface area contributed by atoms with Crippen LogP contribution in [0.1, 0.15) is 0 Å². The van der Waals surface area contributed by atoms with Gasteiger partial charge in [0, 0.05) is 55.9 Å². The molecule has 3 aromatic rings. The van der Waals surface area contributed by atoms with Gasteiger partial charge in [0.25, 0.3) is 0 Å². The van der Waals surface area contributed by atoms with E-state index < -0.39 is 0 Å². The van der Waals surface area contributed by atoms with Gasteiger partial charge in [-0.1, -0.05) is 0 Å². The smallest absolute Gasteiger partial charge is 0.181 e. The van der Waals surface area contributed by atoms with Crippen molar-refractivity contribution in [3.05, 3.63) is 36.8 Å². The van der Waals surface area contributed by atoms with Crippen molar-refractivity contribution >= 4 is 10.9 Å². The molecular formula is C17H21N5O. The Morgan fingerprint density at radius 1 is 1.13 bits per heavy atom. The average molecular weight is 311 g/mol. The van der Waals surface area contributed by atoms with Crippen LogP contribution in [0.25, 0.3) is 22.3 Å². The lowest BCUT2D eigenvalue weighted by atomic mass is 10.1. The summed E-state index contributed by atoms with van der Waals surface area (Å²) < 4.78 is 9.45. The minimum atomic E-state index is 0.774. The lowest BCUT2D eigenvalue weighted by Crippen LogP contribution is -2.38. The third kappa shape index (κ3) is 3.00. The highest BCUT2D eigenvalue weighted by Gasteiger charge is 2.11. The number of fused-ring (bicyclic) bond motifs is 1. The maximum Gasteiger partial charge on any atom is 0.181 e. The van der Waals surface area contributed by atoms with E-state index >= 15 is 0 Å². The molecule has 1 aliphatic rings. The van der Waals surface area contributed by atoms with Crippen molar-refractivity contribution in [3.63, 3.8) is 0 Å². The van der Waals surface area contributed by atoms with E-state index in [2.05, 4.69) is 50.0 Å². The predicted molar refractivity (Wildman–Crippen MR) is 89.2 cm³/mol. The van der Waals surface area contributed by atoms with Crippen molar-refractivity contribution in [2.75, 3.05) is 32.8 Å². The lowest BCUT2D eigenvalue weighted by molar-refractivity contribution is 0.0365. The van der Waals surface area contributed by atoms with Gasteiger partial charge in [-0.05, 0) is 24.3 Å². The summed E-state index contributed by atoms with van der Waals surface area (Å²) in [6, 6.07) is 8.60. The van der Waals surface area contributed by atoms with Crippen LogP contribution in [0.2, 0.25) is 0 Å². The molecule has 0 N–H and O–H groups in total. The molecule has 0 spiro atoms. The highest BCUT2D eigenvalue weighted by molar-refractivity contribution is 5.84. The lowest BCUT2D eigenvalue weighted by Gasteiger charge is -2.26. The molecule has 23 heavy (non-hydrogen) atoms. The predicted octanol–water partition coefficient (Wildman–Crippen LogP) is 1.77. The zero-order valence-electron chi connectivity index (χ0n) is 13.4. The maximum atomic E-state index is 5.40. The number of morpholine rings is 1. The van der Waals surface area contributed by atoms with Crippen LogP contribution in [0, 0.1) is 0 Å².